The smallest absolute Gasteiger partial charge is 0.417 e. The molecule has 0 aliphatic carbocycles. The molecule has 0 atom stereocenters. The molecule has 33 heavy (non-hydrogen) atoms. The van der Waals surface area contributed by atoms with Gasteiger partial charge in [-0.1, -0.05) is 45.1 Å². The standard InChI is InChI=1S/C24H36F3NO4S/c1-4-5-6-7-8-9-14-33-20-11-10-18(15-19(20)24(25,26)27)12-13-23(28-21(29)30)16-31-22(2,3)32-17-23/h10-11,15,28H,4-9,12-14,16-17H2,1-3H3,(H,29,30). The number of unbranched alkanes of at least 4 members (excludes halogenated alkanes) is 5. The molecular formula is C24H36F3NO4S. The number of ether oxygens (including phenoxy) is 2. The minimum atomic E-state index is -4.45. The Morgan fingerprint density at radius 1 is 1.12 bits per heavy atom. The van der Waals surface area contributed by atoms with Gasteiger partial charge in [0, 0.05) is 4.90 Å². The number of nitrogens with one attached hydrogen (secondary N) is 1. The molecule has 0 unspecified atom stereocenters. The van der Waals surface area contributed by atoms with Crippen molar-refractivity contribution < 1.29 is 32.5 Å². The maximum atomic E-state index is 13.7. The third-order valence-electron chi connectivity index (χ3n) is 5.76. The van der Waals surface area contributed by atoms with Crippen LogP contribution in [0.3, 0.4) is 0 Å². The second-order valence-corrected chi connectivity index (χ2v) is 10.3. The summed E-state index contributed by atoms with van der Waals surface area (Å²) in [5.74, 6) is -0.174. The van der Waals surface area contributed by atoms with E-state index < -0.39 is 29.2 Å². The minimum absolute atomic E-state index is 0.0879. The lowest BCUT2D eigenvalue weighted by atomic mass is 9.91. The van der Waals surface area contributed by atoms with Crippen LogP contribution in [0.5, 0.6) is 0 Å². The quantitative estimate of drug-likeness (QED) is 0.246. The number of alkyl halides is 3. The fraction of sp³-hybridized carbons (Fsp3) is 0.708. The monoisotopic (exact) mass is 491 g/mol. The third-order valence-corrected chi connectivity index (χ3v) is 6.92. The van der Waals surface area contributed by atoms with Crippen molar-refractivity contribution in [3.8, 4) is 0 Å². The number of rotatable bonds is 12. The van der Waals surface area contributed by atoms with Crippen LogP contribution in [0.4, 0.5) is 18.0 Å². The van der Waals surface area contributed by atoms with Crippen LogP contribution in [0.15, 0.2) is 23.1 Å². The van der Waals surface area contributed by atoms with Gasteiger partial charge < -0.3 is 19.9 Å². The summed E-state index contributed by atoms with van der Waals surface area (Å²) in [6, 6.07) is 4.42. The largest absolute Gasteiger partial charge is 0.465 e. The summed E-state index contributed by atoms with van der Waals surface area (Å²) < 4.78 is 52.4. The molecule has 1 aromatic carbocycles. The van der Waals surface area contributed by atoms with Crippen LogP contribution in [0, 0.1) is 0 Å². The van der Waals surface area contributed by atoms with Crippen LogP contribution in [0.1, 0.15) is 76.8 Å². The molecule has 0 saturated carbocycles. The van der Waals surface area contributed by atoms with Gasteiger partial charge in [0.1, 0.15) is 0 Å². The van der Waals surface area contributed by atoms with Crippen molar-refractivity contribution in [2.45, 2.75) is 94.5 Å². The zero-order valence-electron chi connectivity index (χ0n) is 19.7. The number of carbonyl (C=O) groups is 1. The van der Waals surface area contributed by atoms with Gasteiger partial charge >= 0.3 is 12.3 Å². The number of halogens is 3. The van der Waals surface area contributed by atoms with E-state index in [2.05, 4.69) is 12.2 Å². The van der Waals surface area contributed by atoms with E-state index in [-0.39, 0.29) is 31.0 Å². The Morgan fingerprint density at radius 2 is 1.76 bits per heavy atom. The van der Waals surface area contributed by atoms with E-state index in [0.29, 0.717) is 11.3 Å². The molecule has 1 aromatic rings. The first kappa shape index (κ1) is 27.8. The molecule has 9 heteroatoms. The van der Waals surface area contributed by atoms with Crippen LogP contribution in [-0.4, -0.2) is 41.5 Å². The first-order chi connectivity index (χ1) is 15.5. The van der Waals surface area contributed by atoms with Gasteiger partial charge in [0.05, 0.1) is 24.3 Å². The summed E-state index contributed by atoms with van der Waals surface area (Å²) in [6.07, 6.45) is 1.45. The Labute approximate surface area is 198 Å². The number of carboxylic acid groups (broad SMARTS) is 1. The van der Waals surface area contributed by atoms with Crippen LogP contribution < -0.4 is 5.32 Å². The van der Waals surface area contributed by atoms with E-state index in [4.69, 9.17) is 9.47 Å². The van der Waals surface area contributed by atoms with Gasteiger partial charge in [0.15, 0.2) is 5.79 Å². The molecule has 0 spiro atoms. The Bertz CT molecular complexity index is 761. The van der Waals surface area contributed by atoms with Crippen LogP contribution >= 0.6 is 11.8 Å². The maximum Gasteiger partial charge on any atom is 0.417 e. The van der Waals surface area contributed by atoms with E-state index in [1.807, 2.05) is 0 Å². The lowest BCUT2D eigenvalue weighted by Crippen LogP contribution is -2.61. The van der Waals surface area contributed by atoms with E-state index in [0.717, 1.165) is 19.3 Å². The molecule has 1 saturated heterocycles. The normalized spacial score (nSPS) is 17.6. The van der Waals surface area contributed by atoms with Crippen molar-refractivity contribution in [2.75, 3.05) is 19.0 Å². The highest BCUT2D eigenvalue weighted by Gasteiger charge is 2.41. The van der Waals surface area contributed by atoms with Gasteiger partial charge in [0.25, 0.3) is 0 Å². The summed E-state index contributed by atoms with van der Waals surface area (Å²) in [5, 5.41) is 11.7. The number of aryl methyl sites for hydroxylation is 1. The summed E-state index contributed by atoms with van der Waals surface area (Å²) in [6.45, 7) is 5.79. The summed E-state index contributed by atoms with van der Waals surface area (Å²) in [5.41, 5.74) is -1.14. The second-order valence-electron chi connectivity index (χ2n) is 9.13. The molecule has 0 bridgehead atoms. The first-order valence-electron chi connectivity index (χ1n) is 11.6. The molecule has 1 heterocycles. The third kappa shape index (κ3) is 9.37. The zero-order valence-corrected chi connectivity index (χ0v) is 20.5. The molecule has 1 amide bonds. The highest BCUT2D eigenvalue weighted by Crippen LogP contribution is 2.38. The lowest BCUT2D eigenvalue weighted by molar-refractivity contribution is -0.271. The average Bonchev–Trinajstić information content (AvgIpc) is 2.73. The Kier molecular flexibility index (Phi) is 10.4. The van der Waals surface area contributed by atoms with Gasteiger partial charge in [0.2, 0.25) is 0 Å². The van der Waals surface area contributed by atoms with Crippen LogP contribution in [0.25, 0.3) is 0 Å². The molecule has 1 fully saturated rings. The molecule has 2 rings (SSSR count). The number of benzene rings is 1. The molecule has 1 aliphatic rings. The van der Waals surface area contributed by atoms with Gasteiger partial charge in [-0.15, -0.1) is 11.8 Å². The molecular weight excluding hydrogens is 455 g/mol. The molecule has 0 radical (unpaired) electrons. The summed E-state index contributed by atoms with van der Waals surface area (Å²) >= 11 is 1.25. The number of hydrogen-bond donors (Lipinski definition) is 2. The predicted octanol–water partition coefficient (Wildman–Crippen LogP) is 6.88. The highest BCUT2D eigenvalue weighted by molar-refractivity contribution is 7.99. The molecule has 0 aromatic heterocycles. The Balaban J connectivity index is 2.02. The fourth-order valence-electron chi connectivity index (χ4n) is 3.74. The highest BCUT2D eigenvalue weighted by atomic mass is 32.2. The topological polar surface area (TPSA) is 67.8 Å². The van der Waals surface area contributed by atoms with E-state index in [1.165, 1.54) is 43.2 Å². The zero-order chi connectivity index (χ0) is 24.5. The van der Waals surface area contributed by atoms with Crippen molar-refractivity contribution >= 4 is 17.9 Å². The van der Waals surface area contributed by atoms with Crippen LogP contribution in [0.2, 0.25) is 0 Å². The maximum absolute atomic E-state index is 13.7. The van der Waals surface area contributed by atoms with E-state index in [9.17, 15) is 23.1 Å². The van der Waals surface area contributed by atoms with Gasteiger partial charge in [-0.05, 0) is 56.6 Å². The Hall–Kier alpha value is -1.45. The van der Waals surface area contributed by atoms with Crippen LogP contribution in [-0.2, 0) is 22.1 Å². The van der Waals surface area contributed by atoms with E-state index >= 15 is 0 Å². The predicted molar refractivity (Wildman–Crippen MR) is 124 cm³/mol. The lowest BCUT2D eigenvalue weighted by Gasteiger charge is -2.43. The SMILES string of the molecule is CCCCCCCCSc1ccc(CCC2(NC(=O)O)COC(C)(C)OC2)cc1C(F)(F)F. The Morgan fingerprint density at radius 3 is 2.36 bits per heavy atom. The molecule has 5 nitrogen and oxygen atoms in total. The van der Waals surface area contributed by atoms with Gasteiger partial charge in [-0.3, -0.25) is 0 Å². The molecule has 2 N–H and O–H groups in total. The minimum Gasteiger partial charge on any atom is -0.465 e. The van der Waals surface area contributed by atoms with Gasteiger partial charge in [-0.2, -0.15) is 13.2 Å². The van der Waals surface area contributed by atoms with Crippen molar-refractivity contribution in [2.24, 2.45) is 0 Å². The average molecular weight is 492 g/mol. The second kappa shape index (κ2) is 12.3. The number of hydrogen-bond acceptors (Lipinski definition) is 4. The summed E-state index contributed by atoms with van der Waals surface area (Å²) in [7, 11) is 0. The molecule has 1 aliphatic heterocycles. The van der Waals surface area contributed by atoms with E-state index in [1.54, 1.807) is 19.9 Å². The fourth-order valence-corrected chi connectivity index (χ4v) is 4.80. The number of amides is 1. The van der Waals surface area contributed by atoms with Crippen molar-refractivity contribution in [1.29, 1.82) is 0 Å². The van der Waals surface area contributed by atoms with Crippen molar-refractivity contribution in [1.82, 2.24) is 5.32 Å². The first-order valence-corrected chi connectivity index (χ1v) is 12.6. The van der Waals surface area contributed by atoms with Crippen molar-refractivity contribution in [3.63, 3.8) is 0 Å². The number of thioether (sulfide) groups is 1. The molecule has 188 valence electrons. The summed E-state index contributed by atoms with van der Waals surface area (Å²) in [4.78, 5) is 11.5. The van der Waals surface area contributed by atoms with Crippen molar-refractivity contribution in [3.05, 3.63) is 29.3 Å². The van der Waals surface area contributed by atoms with Gasteiger partial charge in [-0.25, -0.2) is 4.79 Å².